The summed E-state index contributed by atoms with van der Waals surface area (Å²) in [6.07, 6.45) is 9.08. The van der Waals surface area contributed by atoms with E-state index in [-0.39, 0.29) is 11.4 Å². The van der Waals surface area contributed by atoms with E-state index in [1.807, 2.05) is 6.07 Å². The number of benzene rings is 2. The molecule has 0 radical (unpaired) electrons. The van der Waals surface area contributed by atoms with Crippen LogP contribution in [0.1, 0.15) is 19.3 Å². The van der Waals surface area contributed by atoms with Crippen molar-refractivity contribution < 1.29 is 9.50 Å². The van der Waals surface area contributed by atoms with Crippen LogP contribution in [0.3, 0.4) is 0 Å². The number of phenolic OH excluding ortho intramolecular Hbond substituents is 1. The SMILES string of the molecule is Cn1ccn(-c2ccc(-c3cc(F)cc(-c4ccnc(N5CCN(C67CC(C6)C7)CC5)c4)c3O)cc2Cl)c1=O. The summed E-state index contributed by atoms with van der Waals surface area (Å²) in [7, 11) is 1.66. The Labute approximate surface area is 230 Å². The van der Waals surface area contributed by atoms with Gasteiger partial charge in [-0.3, -0.25) is 9.47 Å². The molecule has 2 aromatic heterocycles. The minimum absolute atomic E-state index is 0.0392. The van der Waals surface area contributed by atoms with Gasteiger partial charge in [-0.25, -0.2) is 14.2 Å². The van der Waals surface area contributed by atoms with Crippen LogP contribution in [0.2, 0.25) is 5.02 Å². The van der Waals surface area contributed by atoms with Crippen molar-refractivity contribution in [2.24, 2.45) is 13.0 Å². The van der Waals surface area contributed by atoms with Crippen LogP contribution in [0, 0.1) is 11.7 Å². The molecule has 200 valence electrons. The maximum absolute atomic E-state index is 14.9. The fraction of sp³-hybridized carbons (Fsp3) is 0.333. The lowest BCUT2D eigenvalue weighted by atomic mass is 9.49. The number of aryl methyl sites for hydroxylation is 1. The molecule has 1 saturated heterocycles. The molecule has 1 aliphatic heterocycles. The summed E-state index contributed by atoms with van der Waals surface area (Å²) in [4.78, 5) is 21.9. The van der Waals surface area contributed by atoms with Crippen molar-refractivity contribution in [3.63, 3.8) is 0 Å². The number of imidazole rings is 1. The Morgan fingerprint density at radius 3 is 2.26 bits per heavy atom. The molecular weight excluding hydrogens is 517 g/mol. The average molecular weight is 546 g/mol. The summed E-state index contributed by atoms with van der Waals surface area (Å²) < 4.78 is 17.8. The van der Waals surface area contributed by atoms with Gasteiger partial charge in [-0.15, -0.1) is 0 Å². The average Bonchev–Trinajstić information content (AvgIpc) is 3.21. The monoisotopic (exact) mass is 545 g/mol. The molecule has 7 nitrogen and oxygen atoms in total. The third-order valence-electron chi connectivity index (χ3n) is 8.88. The van der Waals surface area contributed by atoms with Gasteiger partial charge in [0.25, 0.3) is 0 Å². The van der Waals surface area contributed by atoms with Gasteiger partial charge in [0, 0.05) is 68.5 Å². The van der Waals surface area contributed by atoms with Crippen LogP contribution in [-0.4, -0.2) is 55.8 Å². The van der Waals surface area contributed by atoms with Crippen molar-refractivity contribution in [2.75, 3.05) is 31.1 Å². The number of piperazine rings is 1. The number of aromatic nitrogens is 3. The number of anilines is 1. The first-order valence-electron chi connectivity index (χ1n) is 13.3. The van der Waals surface area contributed by atoms with Crippen LogP contribution in [0.5, 0.6) is 5.75 Å². The second-order valence-corrected chi connectivity index (χ2v) is 11.6. The first-order chi connectivity index (χ1) is 18.8. The molecule has 8 rings (SSSR count). The van der Waals surface area contributed by atoms with Crippen LogP contribution >= 0.6 is 11.6 Å². The third kappa shape index (κ3) is 3.96. The topological polar surface area (TPSA) is 66.5 Å². The molecule has 3 heterocycles. The van der Waals surface area contributed by atoms with Crippen LogP contribution in [-0.2, 0) is 7.05 Å². The Morgan fingerprint density at radius 2 is 1.67 bits per heavy atom. The predicted molar refractivity (Wildman–Crippen MR) is 150 cm³/mol. The van der Waals surface area contributed by atoms with E-state index in [9.17, 15) is 14.3 Å². The maximum atomic E-state index is 14.9. The van der Waals surface area contributed by atoms with E-state index in [2.05, 4.69) is 14.8 Å². The van der Waals surface area contributed by atoms with Gasteiger partial charge >= 0.3 is 5.69 Å². The Bertz CT molecular complexity index is 1640. The Balaban J connectivity index is 1.17. The summed E-state index contributed by atoms with van der Waals surface area (Å²) >= 11 is 6.54. The standard InChI is InChI=1S/C30H29ClFN5O2/c1-34-6-11-37(29(34)39)26-3-2-20(12-25(26)31)23-14-22(32)15-24(28(23)38)21-4-5-33-27(13-21)35-7-9-36(10-8-35)30-16-19(17-30)18-30/h2-6,11-15,19,38H,7-10,16-18H2,1H3. The number of hydrogen-bond donors (Lipinski definition) is 1. The second kappa shape index (κ2) is 8.96. The van der Waals surface area contributed by atoms with Crippen LogP contribution in [0.25, 0.3) is 27.9 Å². The quantitative estimate of drug-likeness (QED) is 0.379. The summed E-state index contributed by atoms with van der Waals surface area (Å²) in [5.41, 5.74) is 2.71. The number of rotatable bonds is 5. The molecular formula is C30H29ClFN5O2. The highest BCUT2D eigenvalue weighted by Crippen LogP contribution is 2.60. The van der Waals surface area contributed by atoms with Crippen LogP contribution in [0.4, 0.5) is 10.2 Å². The van der Waals surface area contributed by atoms with E-state index in [1.54, 1.807) is 49.9 Å². The molecule has 1 N–H and O–H groups in total. The minimum atomic E-state index is -0.470. The Hall–Kier alpha value is -3.62. The zero-order chi connectivity index (χ0) is 26.9. The first kappa shape index (κ1) is 24.4. The zero-order valence-corrected chi connectivity index (χ0v) is 22.4. The first-order valence-corrected chi connectivity index (χ1v) is 13.7. The number of hydrogen-bond acceptors (Lipinski definition) is 5. The Kier molecular flexibility index (Phi) is 5.61. The van der Waals surface area contributed by atoms with Crippen molar-refractivity contribution in [1.29, 1.82) is 0 Å². The normalized spacial score (nSPS) is 22.4. The Morgan fingerprint density at radius 1 is 0.974 bits per heavy atom. The number of aromatic hydroxyl groups is 1. The van der Waals surface area contributed by atoms with Crippen molar-refractivity contribution in [2.45, 2.75) is 24.8 Å². The summed E-state index contributed by atoms with van der Waals surface area (Å²) in [5, 5.41) is 11.6. The van der Waals surface area contributed by atoms with Crippen molar-refractivity contribution in [1.82, 2.24) is 19.0 Å². The molecule has 2 aromatic carbocycles. The largest absolute Gasteiger partial charge is 0.507 e. The molecule has 0 unspecified atom stereocenters. The number of nitrogens with zero attached hydrogens (tertiary/aromatic N) is 5. The fourth-order valence-electron chi connectivity index (χ4n) is 6.55. The van der Waals surface area contributed by atoms with Crippen molar-refractivity contribution in [3.05, 3.63) is 82.4 Å². The molecule has 0 amide bonds. The smallest absolute Gasteiger partial charge is 0.332 e. The molecule has 4 fully saturated rings. The fourth-order valence-corrected chi connectivity index (χ4v) is 6.82. The molecule has 2 bridgehead atoms. The minimum Gasteiger partial charge on any atom is -0.507 e. The van der Waals surface area contributed by atoms with Gasteiger partial charge in [0.1, 0.15) is 17.4 Å². The van der Waals surface area contributed by atoms with Crippen molar-refractivity contribution >= 4 is 17.4 Å². The summed E-state index contributed by atoms with van der Waals surface area (Å²) in [5.74, 6) is 1.29. The lowest BCUT2D eigenvalue weighted by Gasteiger charge is -2.67. The van der Waals surface area contributed by atoms with E-state index in [0.29, 0.717) is 38.5 Å². The molecule has 9 heteroatoms. The third-order valence-corrected chi connectivity index (χ3v) is 9.18. The van der Waals surface area contributed by atoms with Gasteiger partial charge in [0.05, 0.1) is 10.7 Å². The summed E-state index contributed by atoms with van der Waals surface area (Å²) in [6.45, 7) is 3.86. The van der Waals surface area contributed by atoms with Gasteiger partial charge in [-0.05, 0) is 72.7 Å². The highest BCUT2D eigenvalue weighted by molar-refractivity contribution is 6.32. The predicted octanol–water partition coefficient (Wildman–Crippen LogP) is 5.08. The van der Waals surface area contributed by atoms with Gasteiger partial charge in [0.15, 0.2) is 0 Å². The van der Waals surface area contributed by atoms with Crippen molar-refractivity contribution in [3.8, 4) is 33.7 Å². The van der Waals surface area contributed by atoms with Gasteiger partial charge < -0.3 is 14.6 Å². The van der Waals surface area contributed by atoms with Gasteiger partial charge in [-0.1, -0.05) is 17.7 Å². The number of pyridine rings is 1. The van der Waals surface area contributed by atoms with E-state index in [1.165, 1.54) is 40.5 Å². The van der Waals surface area contributed by atoms with E-state index >= 15 is 0 Å². The highest BCUT2D eigenvalue weighted by atomic mass is 35.5. The lowest BCUT2D eigenvalue weighted by Crippen LogP contribution is -2.71. The van der Waals surface area contributed by atoms with Crippen LogP contribution < -0.4 is 10.6 Å². The summed E-state index contributed by atoms with van der Waals surface area (Å²) in [6, 6.07) is 11.4. The molecule has 0 atom stereocenters. The molecule has 4 aliphatic rings. The number of phenols is 1. The molecule has 4 aromatic rings. The highest BCUT2D eigenvalue weighted by Gasteiger charge is 2.59. The lowest BCUT2D eigenvalue weighted by molar-refractivity contribution is -0.145. The molecule has 0 spiro atoms. The van der Waals surface area contributed by atoms with Gasteiger partial charge in [-0.2, -0.15) is 0 Å². The van der Waals surface area contributed by atoms with E-state index in [4.69, 9.17) is 11.6 Å². The zero-order valence-electron chi connectivity index (χ0n) is 21.6. The van der Waals surface area contributed by atoms with Gasteiger partial charge in [0.2, 0.25) is 0 Å². The van der Waals surface area contributed by atoms with Crippen LogP contribution in [0.15, 0.2) is 65.8 Å². The molecule has 3 aliphatic carbocycles. The molecule has 39 heavy (non-hydrogen) atoms. The molecule has 3 saturated carbocycles. The van der Waals surface area contributed by atoms with E-state index in [0.717, 1.165) is 37.9 Å². The second-order valence-electron chi connectivity index (χ2n) is 11.2. The number of halogens is 2. The van der Waals surface area contributed by atoms with E-state index < -0.39 is 5.82 Å². The maximum Gasteiger partial charge on any atom is 0.332 e.